The number of methoxy groups -OCH3 is 1. The first kappa shape index (κ1) is 16.4. The molecule has 1 aliphatic heterocycles. The second-order valence-electron chi connectivity index (χ2n) is 5.15. The van der Waals surface area contributed by atoms with Crippen LogP contribution < -0.4 is 4.72 Å². The van der Waals surface area contributed by atoms with Crippen LogP contribution >= 0.6 is 0 Å². The molecule has 0 saturated carbocycles. The van der Waals surface area contributed by atoms with Crippen molar-refractivity contribution in [1.82, 2.24) is 9.03 Å². The molecule has 0 aromatic heterocycles. The lowest BCUT2D eigenvalue weighted by molar-refractivity contribution is 0.0602. The molecule has 2 N–H and O–H groups in total. The first-order valence-corrected chi connectivity index (χ1v) is 8.45. The van der Waals surface area contributed by atoms with Gasteiger partial charge in [0, 0.05) is 26.7 Å². The maximum absolute atomic E-state index is 12.2. The van der Waals surface area contributed by atoms with E-state index in [-0.39, 0.29) is 13.2 Å². The lowest BCUT2D eigenvalue weighted by Crippen LogP contribution is -2.44. The number of rotatable bonds is 7. The van der Waals surface area contributed by atoms with E-state index in [1.165, 1.54) is 17.0 Å². The Labute approximate surface area is 125 Å². The van der Waals surface area contributed by atoms with Gasteiger partial charge in [0.05, 0.1) is 12.7 Å². The van der Waals surface area contributed by atoms with Crippen molar-refractivity contribution in [3.05, 3.63) is 35.4 Å². The van der Waals surface area contributed by atoms with Crippen LogP contribution in [0.5, 0.6) is 0 Å². The number of nitrogens with one attached hydrogen (secondary N) is 1. The normalized spacial score (nSPS) is 17.4. The monoisotopic (exact) mass is 314 g/mol. The van der Waals surface area contributed by atoms with E-state index in [9.17, 15) is 13.5 Å². The summed E-state index contributed by atoms with van der Waals surface area (Å²) in [6.07, 6.45) is 0.403. The zero-order valence-electron chi connectivity index (χ0n) is 12.2. The number of hydrogen-bond acceptors (Lipinski definition) is 4. The molecule has 0 bridgehead atoms. The van der Waals surface area contributed by atoms with Gasteiger partial charge in [-0.15, -0.1) is 0 Å². The lowest BCUT2D eigenvalue weighted by atomic mass is 10.0. The van der Waals surface area contributed by atoms with Gasteiger partial charge in [0.25, 0.3) is 10.2 Å². The number of benzene rings is 1. The van der Waals surface area contributed by atoms with Gasteiger partial charge >= 0.3 is 0 Å². The van der Waals surface area contributed by atoms with Crippen molar-refractivity contribution in [2.75, 3.05) is 26.8 Å². The van der Waals surface area contributed by atoms with E-state index in [0.717, 1.165) is 12.0 Å². The second-order valence-corrected chi connectivity index (χ2v) is 6.90. The maximum atomic E-state index is 12.2. The number of nitrogens with zero attached hydrogens (tertiary/aromatic N) is 1. The topological polar surface area (TPSA) is 78.9 Å². The molecule has 21 heavy (non-hydrogen) atoms. The molecule has 118 valence electrons. The summed E-state index contributed by atoms with van der Waals surface area (Å²) in [7, 11) is -2.01. The van der Waals surface area contributed by atoms with Crippen LogP contribution in [0.1, 0.15) is 17.5 Å². The average Bonchev–Trinajstić information content (AvgIpc) is 2.47. The lowest BCUT2D eigenvalue weighted by Gasteiger charge is -2.28. The molecule has 1 unspecified atom stereocenters. The minimum atomic E-state index is -3.51. The minimum Gasteiger partial charge on any atom is -0.391 e. The number of hydrogen-bond donors (Lipinski definition) is 2. The van der Waals surface area contributed by atoms with E-state index >= 15 is 0 Å². The summed E-state index contributed by atoms with van der Waals surface area (Å²) < 4.78 is 33.3. The summed E-state index contributed by atoms with van der Waals surface area (Å²) in [5, 5.41) is 9.51. The Morgan fingerprint density at radius 2 is 2.10 bits per heavy atom. The van der Waals surface area contributed by atoms with Gasteiger partial charge in [-0.1, -0.05) is 24.3 Å². The third kappa shape index (κ3) is 4.49. The molecule has 0 radical (unpaired) electrons. The fourth-order valence-corrected chi connectivity index (χ4v) is 3.60. The van der Waals surface area contributed by atoms with Gasteiger partial charge in [0.15, 0.2) is 0 Å². The molecule has 1 aromatic rings. The van der Waals surface area contributed by atoms with Gasteiger partial charge < -0.3 is 9.84 Å². The Morgan fingerprint density at radius 3 is 2.81 bits per heavy atom. The van der Waals surface area contributed by atoms with Crippen molar-refractivity contribution in [2.45, 2.75) is 25.5 Å². The van der Waals surface area contributed by atoms with Crippen LogP contribution in [0.15, 0.2) is 24.3 Å². The molecule has 0 amide bonds. The maximum Gasteiger partial charge on any atom is 0.279 e. The predicted molar refractivity (Wildman–Crippen MR) is 80.0 cm³/mol. The highest BCUT2D eigenvalue weighted by Gasteiger charge is 2.26. The van der Waals surface area contributed by atoms with E-state index in [4.69, 9.17) is 4.74 Å². The highest BCUT2D eigenvalue weighted by atomic mass is 32.2. The third-order valence-electron chi connectivity index (χ3n) is 3.56. The van der Waals surface area contributed by atoms with E-state index in [0.29, 0.717) is 19.5 Å². The molecule has 1 heterocycles. The highest BCUT2D eigenvalue weighted by Crippen LogP contribution is 2.20. The Balaban J connectivity index is 1.89. The van der Waals surface area contributed by atoms with Crippen LogP contribution in [-0.2, 0) is 27.9 Å². The predicted octanol–water partition coefficient (Wildman–Crippen LogP) is 0.277. The summed E-state index contributed by atoms with van der Waals surface area (Å²) >= 11 is 0. The number of ether oxygens (including phenoxy) is 1. The highest BCUT2D eigenvalue weighted by molar-refractivity contribution is 7.87. The van der Waals surface area contributed by atoms with Gasteiger partial charge in [-0.2, -0.15) is 12.7 Å². The van der Waals surface area contributed by atoms with Gasteiger partial charge in [-0.25, -0.2) is 4.72 Å². The molecule has 0 aliphatic carbocycles. The van der Waals surface area contributed by atoms with Crippen LogP contribution in [0.2, 0.25) is 0 Å². The number of aliphatic hydroxyl groups is 1. The smallest absolute Gasteiger partial charge is 0.279 e. The molecule has 0 saturated heterocycles. The fourth-order valence-electron chi connectivity index (χ4n) is 2.40. The summed E-state index contributed by atoms with van der Waals surface area (Å²) in [4.78, 5) is 0. The van der Waals surface area contributed by atoms with Crippen LogP contribution in [0, 0.1) is 0 Å². The largest absolute Gasteiger partial charge is 0.391 e. The molecule has 1 aromatic carbocycles. The van der Waals surface area contributed by atoms with Crippen molar-refractivity contribution in [2.24, 2.45) is 0 Å². The fraction of sp³-hybridized carbons (Fsp3) is 0.571. The first-order chi connectivity index (χ1) is 10.0. The summed E-state index contributed by atoms with van der Waals surface area (Å²) in [5.41, 5.74) is 2.26. The molecule has 0 fully saturated rings. The van der Waals surface area contributed by atoms with Crippen molar-refractivity contribution >= 4 is 10.2 Å². The second kappa shape index (κ2) is 7.33. The number of fused-ring (bicyclic) bond motifs is 1. The Kier molecular flexibility index (Phi) is 5.72. The van der Waals surface area contributed by atoms with Crippen LogP contribution in [0.25, 0.3) is 0 Å². The Hall–Kier alpha value is -0.990. The van der Waals surface area contributed by atoms with E-state index in [1.54, 1.807) is 0 Å². The third-order valence-corrected chi connectivity index (χ3v) is 5.12. The number of aliphatic hydroxyl groups excluding tert-OH is 1. The van der Waals surface area contributed by atoms with E-state index < -0.39 is 16.3 Å². The quantitative estimate of drug-likeness (QED) is 0.757. The van der Waals surface area contributed by atoms with Gasteiger partial charge in [0.2, 0.25) is 0 Å². The van der Waals surface area contributed by atoms with Crippen LogP contribution in [0.4, 0.5) is 0 Å². The van der Waals surface area contributed by atoms with Crippen molar-refractivity contribution in [3.63, 3.8) is 0 Å². The van der Waals surface area contributed by atoms with Crippen LogP contribution in [0.3, 0.4) is 0 Å². The Morgan fingerprint density at radius 1 is 1.38 bits per heavy atom. The molecular weight excluding hydrogens is 292 g/mol. The van der Waals surface area contributed by atoms with Crippen molar-refractivity contribution in [3.8, 4) is 0 Å². The molecule has 6 nitrogen and oxygen atoms in total. The van der Waals surface area contributed by atoms with Crippen molar-refractivity contribution in [1.29, 1.82) is 0 Å². The van der Waals surface area contributed by atoms with Gasteiger partial charge in [-0.05, 0) is 24.0 Å². The zero-order chi connectivity index (χ0) is 15.3. The summed E-state index contributed by atoms with van der Waals surface area (Å²) in [6, 6.07) is 7.88. The van der Waals surface area contributed by atoms with Gasteiger partial charge in [-0.3, -0.25) is 0 Å². The first-order valence-electron chi connectivity index (χ1n) is 7.01. The molecular formula is C14H22N2O4S. The SMILES string of the molecule is COCC(O)CCNS(=O)(=O)N1CCc2ccccc2C1. The summed E-state index contributed by atoms with van der Waals surface area (Å²) in [6.45, 7) is 1.28. The summed E-state index contributed by atoms with van der Waals surface area (Å²) in [5.74, 6) is 0. The molecule has 1 aliphatic rings. The van der Waals surface area contributed by atoms with Crippen LogP contribution in [-0.4, -0.2) is 50.7 Å². The molecule has 1 atom stereocenters. The van der Waals surface area contributed by atoms with Gasteiger partial charge in [0.1, 0.15) is 0 Å². The zero-order valence-corrected chi connectivity index (χ0v) is 13.0. The molecule has 2 rings (SSSR count). The standard InChI is InChI=1S/C14H22N2O4S/c1-20-11-14(17)6-8-15-21(18,19)16-9-7-12-4-2-3-5-13(12)10-16/h2-5,14-15,17H,6-11H2,1H3. The molecule has 7 heteroatoms. The Bertz CT molecular complexity index is 562. The van der Waals surface area contributed by atoms with E-state index in [1.807, 2.05) is 24.3 Å². The average molecular weight is 314 g/mol. The molecule has 0 spiro atoms. The minimum absolute atomic E-state index is 0.199. The van der Waals surface area contributed by atoms with E-state index in [2.05, 4.69) is 4.72 Å². The van der Waals surface area contributed by atoms with Crippen molar-refractivity contribution < 1.29 is 18.3 Å².